The molecule has 1 amide bonds. The number of carbonyl (C=O) groups excluding carboxylic acids is 1. The molecule has 0 aliphatic carbocycles. The zero-order valence-electron chi connectivity index (χ0n) is 20.7. The van der Waals surface area contributed by atoms with Crippen LogP contribution in [0, 0.1) is 17.8 Å². The molecular weight excluding hydrogens is 478 g/mol. The van der Waals surface area contributed by atoms with Crippen molar-refractivity contribution in [2.24, 2.45) is 5.92 Å². The second-order valence-electron chi connectivity index (χ2n) is 9.35. The largest absolute Gasteiger partial charge is 0.382 e. The van der Waals surface area contributed by atoms with Crippen LogP contribution >= 0.6 is 0 Å². The van der Waals surface area contributed by atoms with Crippen molar-refractivity contribution in [2.45, 2.75) is 13.0 Å². The minimum atomic E-state index is -0.534. The third-order valence-electron chi connectivity index (χ3n) is 6.78. The molecule has 38 heavy (non-hydrogen) atoms. The number of anilines is 1. The topological polar surface area (TPSA) is 122 Å². The van der Waals surface area contributed by atoms with E-state index in [4.69, 9.17) is 5.73 Å². The molecule has 4 heterocycles. The summed E-state index contributed by atoms with van der Waals surface area (Å²) in [7, 11) is 0. The van der Waals surface area contributed by atoms with Gasteiger partial charge in [-0.1, -0.05) is 42.2 Å². The number of aromatic amines is 1. The molecule has 1 saturated heterocycles. The Morgan fingerprint density at radius 3 is 2.76 bits per heavy atom. The SMILES string of the molecule is CC(NC(=O)c1c(N)[nH][n+]2cccnc12)c1cc2cccc(C#CC3CNC3)c2c(=O)n1-c1ccccc1. The van der Waals surface area contributed by atoms with E-state index in [9.17, 15) is 9.59 Å². The van der Waals surface area contributed by atoms with Gasteiger partial charge in [0.05, 0.1) is 11.4 Å². The molecule has 0 spiro atoms. The van der Waals surface area contributed by atoms with E-state index in [1.807, 2.05) is 61.5 Å². The molecule has 9 heteroatoms. The minimum absolute atomic E-state index is 0.190. The fourth-order valence-corrected chi connectivity index (χ4v) is 4.74. The van der Waals surface area contributed by atoms with Crippen molar-refractivity contribution in [3.05, 3.63) is 100 Å². The van der Waals surface area contributed by atoms with Crippen molar-refractivity contribution in [3.63, 3.8) is 0 Å². The van der Waals surface area contributed by atoms with Crippen LogP contribution in [0.15, 0.2) is 77.9 Å². The highest BCUT2D eigenvalue weighted by atomic mass is 16.2. The van der Waals surface area contributed by atoms with Crippen LogP contribution in [0.5, 0.6) is 0 Å². The number of pyridine rings is 1. The van der Waals surface area contributed by atoms with Crippen molar-refractivity contribution in [1.29, 1.82) is 0 Å². The first-order valence-corrected chi connectivity index (χ1v) is 12.4. The molecule has 5 N–H and O–H groups in total. The molecule has 5 aromatic rings. The van der Waals surface area contributed by atoms with Crippen LogP contribution in [0.4, 0.5) is 5.82 Å². The molecule has 1 atom stereocenters. The maximum Gasteiger partial charge on any atom is 0.362 e. The molecule has 1 aliphatic heterocycles. The Bertz CT molecular complexity index is 1810. The third kappa shape index (κ3) is 4.07. The lowest BCUT2D eigenvalue weighted by Crippen LogP contribution is -2.40. The van der Waals surface area contributed by atoms with E-state index in [1.165, 1.54) is 0 Å². The lowest BCUT2D eigenvalue weighted by atomic mass is 10.0. The minimum Gasteiger partial charge on any atom is -0.382 e. The Morgan fingerprint density at radius 1 is 1.18 bits per heavy atom. The van der Waals surface area contributed by atoms with Crippen LogP contribution in [-0.2, 0) is 0 Å². The number of hydrogen-bond acceptors (Lipinski definition) is 5. The van der Waals surface area contributed by atoms with Crippen LogP contribution in [0.25, 0.3) is 22.1 Å². The van der Waals surface area contributed by atoms with Crippen LogP contribution in [0.2, 0.25) is 0 Å². The number of aromatic nitrogens is 4. The number of para-hydroxylation sites is 1. The maximum absolute atomic E-state index is 14.1. The number of nitrogens with two attached hydrogens (primary N) is 1. The number of nitrogens with one attached hydrogen (secondary N) is 3. The van der Waals surface area contributed by atoms with E-state index < -0.39 is 11.9 Å². The van der Waals surface area contributed by atoms with Gasteiger partial charge in [-0.05, 0) is 41.6 Å². The molecule has 1 fully saturated rings. The Hall–Kier alpha value is -4.94. The Kier molecular flexibility index (Phi) is 5.86. The molecule has 1 aliphatic rings. The second-order valence-corrected chi connectivity index (χ2v) is 9.35. The number of hydrogen-bond donors (Lipinski definition) is 4. The first kappa shape index (κ1) is 23.5. The van der Waals surface area contributed by atoms with Gasteiger partial charge < -0.3 is 16.4 Å². The van der Waals surface area contributed by atoms with Gasteiger partial charge in [0.25, 0.3) is 11.5 Å². The van der Waals surface area contributed by atoms with E-state index in [1.54, 1.807) is 27.5 Å². The molecule has 0 saturated carbocycles. The molecule has 6 rings (SSSR count). The van der Waals surface area contributed by atoms with Gasteiger partial charge in [0.2, 0.25) is 0 Å². The highest BCUT2D eigenvalue weighted by Crippen LogP contribution is 2.24. The predicted octanol–water partition coefficient (Wildman–Crippen LogP) is 2.10. The number of nitrogens with zero attached hydrogens (tertiary/aromatic N) is 3. The summed E-state index contributed by atoms with van der Waals surface area (Å²) in [6.07, 6.45) is 3.33. The monoisotopic (exact) mass is 504 g/mol. The van der Waals surface area contributed by atoms with Crippen molar-refractivity contribution >= 4 is 28.1 Å². The second kappa shape index (κ2) is 9.50. The number of nitrogen functional groups attached to an aromatic ring is 1. The summed E-state index contributed by atoms with van der Waals surface area (Å²) in [6, 6.07) is 18.2. The molecular formula is C29H26N7O2+. The third-order valence-corrected chi connectivity index (χ3v) is 6.78. The van der Waals surface area contributed by atoms with Gasteiger partial charge in [0.15, 0.2) is 11.4 Å². The molecule has 0 radical (unpaired) electrons. The molecule has 9 nitrogen and oxygen atoms in total. The summed E-state index contributed by atoms with van der Waals surface area (Å²) in [6.45, 7) is 3.57. The van der Waals surface area contributed by atoms with E-state index in [-0.39, 0.29) is 16.9 Å². The number of fused-ring (bicyclic) bond motifs is 2. The first-order valence-electron chi connectivity index (χ1n) is 12.4. The average molecular weight is 505 g/mol. The van der Waals surface area contributed by atoms with E-state index in [0.29, 0.717) is 33.9 Å². The number of H-pyrrole nitrogens is 1. The van der Waals surface area contributed by atoms with Gasteiger partial charge in [-0.3, -0.25) is 14.2 Å². The van der Waals surface area contributed by atoms with Crippen LogP contribution in [-0.4, -0.2) is 33.6 Å². The summed E-state index contributed by atoms with van der Waals surface area (Å²) in [5.74, 6) is 6.61. The number of carbonyl (C=O) groups is 1. The number of benzene rings is 2. The Morgan fingerprint density at radius 2 is 2.00 bits per heavy atom. The molecule has 1 unspecified atom stereocenters. The smallest absolute Gasteiger partial charge is 0.362 e. The quantitative estimate of drug-likeness (QED) is 0.221. The van der Waals surface area contributed by atoms with E-state index in [2.05, 4.69) is 32.6 Å². The van der Waals surface area contributed by atoms with Crippen molar-refractivity contribution in [3.8, 4) is 17.5 Å². The first-order chi connectivity index (χ1) is 18.5. The van der Waals surface area contributed by atoms with Crippen molar-refractivity contribution in [1.82, 2.24) is 25.3 Å². The highest BCUT2D eigenvalue weighted by Gasteiger charge is 2.27. The van der Waals surface area contributed by atoms with Crippen LogP contribution in [0.3, 0.4) is 0 Å². The fraction of sp³-hybridized carbons (Fsp3) is 0.172. The zero-order chi connectivity index (χ0) is 26.2. The van der Waals surface area contributed by atoms with Crippen molar-refractivity contribution < 1.29 is 9.31 Å². The summed E-state index contributed by atoms with van der Waals surface area (Å²) in [5.41, 5.74) is 8.62. The van der Waals surface area contributed by atoms with Gasteiger partial charge in [-0.2, -0.15) is 0 Å². The molecule has 188 valence electrons. The molecule has 0 bridgehead atoms. The van der Waals surface area contributed by atoms with E-state index in [0.717, 1.165) is 18.5 Å². The average Bonchev–Trinajstić information content (AvgIpc) is 3.23. The van der Waals surface area contributed by atoms with E-state index >= 15 is 0 Å². The fourth-order valence-electron chi connectivity index (χ4n) is 4.74. The molecule has 3 aromatic heterocycles. The van der Waals surface area contributed by atoms with Gasteiger partial charge >= 0.3 is 5.65 Å². The summed E-state index contributed by atoms with van der Waals surface area (Å²) >= 11 is 0. The highest BCUT2D eigenvalue weighted by molar-refractivity contribution is 6.03. The summed E-state index contributed by atoms with van der Waals surface area (Å²) < 4.78 is 3.24. The van der Waals surface area contributed by atoms with Gasteiger partial charge in [0, 0.05) is 42.0 Å². The number of rotatable bonds is 4. The predicted molar refractivity (Wildman–Crippen MR) is 145 cm³/mol. The van der Waals surface area contributed by atoms with Gasteiger partial charge in [0.1, 0.15) is 12.4 Å². The molecule has 2 aromatic carbocycles. The zero-order valence-corrected chi connectivity index (χ0v) is 20.7. The number of amides is 1. The Balaban J connectivity index is 1.47. The standard InChI is InChI=1S/C29H25N7O2/c1-18(33-28(37)25-26(30)34-35-14-6-13-32-27(25)35)23-15-21-8-5-7-20(12-11-19-16-31-17-19)24(21)29(38)36(23)22-9-3-2-4-10-22/h2-10,13-15,18-19,31H,16-17H2,1H3,(H3,30,33,34,37)/p+1. The normalized spacial score (nSPS) is 14.0. The van der Waals surface area contributed by atoms with Crippen LogP contribution in [0.1, 0.15) is 34.6 Å². The van der Waals surface area contributed by atoms with Gasteiger partial charge in [-0.25, -0.2) is 5.10 Å². The van der Waals surface area contributed by atoms with Crippen molar-refractivity contribution in [2.75, 3.05) is 18.8 Å². The Labute approximate surface area is 218 Å². The van der Waals surface area contributed by atoms with Crippen LogP contribution < -0.4 is 26.4 Å². The summed E-state index contributed by atoms with van der Waals surface area (Å²) in [5, 5.41) is 10.5. The lowest BCUT2D eigenvalue weighted by Gasteiger charge is -2.22. The van der Waals surface area contributed by atoms with Gasteiger partial charge in [-0.15, -0.1) is 4.52 Å². The summed E-state index contributed by atoms with van der Waals surface area (Å²) in [4.78, 5) is 31.8. The maximum atomic E-state index is 14.1. The lowest BCUT2D eigenvalue weighted by molar-refractivity contribution is -0.577.